The molecule has 0 aliphatic carbocycles. The lowest BCUT2D eigenvalue weighted by Gasteiger charge is -2.31. The Bertz CT molecular complexity index is 1480. The number of nitrogens with two attached hydrogens (primary N) is 1. The fourth-order valence-electron chi connectivity index (χ4n) is 6.57. The van der Waals surface area contributed by atoms with E-state index in [2.05, 4.69) is 30.2 Å². The van der Waals surface area contributed by atoms with Crippen LogP contribution >= 0.6 is 0 Å². The molecular formula is C27H31F5N8O. The molecule has 0 radical (unpaired) electrons. The number of ether oxygens (including phenoxy) is 1. The summed E-state index contributed by atoms with van der Waals surface area (Å²) >= 11 is 0. The number of anilines is 2. The van der Waals surface area contributed by atoms with Gasteiger partial charge < -0.3 is 20.7 Å². The molecule has 0 spiro atoms. The first-order valence-corrected chi connectivity index (χ1v) is 13.6. The van der Waals surface area contributed by atoms with Crippen molar-refractivity contribution in [3.05, 3.63) is 29.3 Å². The lowest BCUT2D eigenvalue weighted by molar-refractivity contribution is -0.137. The molecule has 3 aromatic heterocycles. The van der Waals surface area contributed by atoms with E-state index in [-0.39, 0.29) is 35.4 Å². The summed E-state index contributed by atoms with van der Waals surface area (Å²) in [5, 5.41) is 3.51. The molecule has 0 amide bonds. The smallest absolute Gasteiger partial charge is 0.418 e. The van der Waals surface area contributed by atoms with Gasteiger partial charge in [-0.1, -0.05) is 0 Å². The number of halogens is 5. The zero-order valence-corrected chi connectivity index (χ0v) is 22.7. The van der Waals surface area contributed by atoms with Crippen molar-refractivity contribution in [2.45, 2.75) is 56.5 Å². The normalized spacial score (nSPS) is 24.8. The van der Waals surface area contributed by atoms with Crippen LogP contribution in [0.5, 0.6) is 6.01 Å². The van der Waals surface area contributed by atoms with E-state index in [9.17, 15) is 17.6 Å². The van der Waals surface area contributed by atoms with Gasteiger partial charge in [0.05, 0.1) is 22.2 Å². The summed E-state index contributed by atoms with van der Waals surface area (Å²) in [7, 11) is 1.81. The van der Waals surface area contributed by atoms with E-state index in [1.807, 2.05) is 11.9 Å². The molecule has 0 unspecified atom stereocenters. The van der Waals surface area contributed by atoms with Gasteiger partial charge in [-0.3, -0.25) is 9.88 Å². The molecule has 3 fully saturated rings. The van der Waals surface area contributed by atoms with Crippen molar-refractivity contribution >= 4 is 22.5 Å². The number of fused-ring (bicyclic) bond motifs is 2. The van der Waals surface area contributed by atoms with Crippen LogP contribution in [0.15, 0.2) is 12.3 Å². The van der Waals surface area contributed by atoms with Crippen LogP contribution in [0.3, 0.4) is 0 Å². The summed E-state index contributed by atoms with van der Waals surface area (Å²) in [6.45, 7) is 3.85. The number of likely N-dealkylation sites (N-methyl/N-ethyl adjacent to an activating group) is 1. The topological polar surface area (TPSA) is 105 Å². The minimum absolute atomic E-state index is 0.0363. The summed E-state index contributed by atoms with van der Waals surface area (Å²) in [6.07, 6.45) is -1.70. The molecule has 9 nitrogen and oxygen atoms in total. The fourth-order valence-corrected chi connectivity index (χ4v) is 6.57. The lowest BCUT2D eigenvalue weighted by Crippen LogP contribution is -2.43. The van der Waals surface area contributed by atoms with Crippen LogP contribution in [0.1, 0.15) is 36.9 Å². The number of nitrogens with zero attached hydrogens (tertiary/aromatic N) is 6. The minimum atomic E-state index is -4.83. The molecule has 0 aromatic carbocycles. The Hall–Kier alpha value is -3.39. The zero-order valence-electron chi connectivity index (χ0n) is 22.7. The first-order valence-electron chi connectivity index (χ1n) is 13.6. The molecule has 6 rings (SSSR count). The molecule has 3 aromatic rings. The van der Waals surface area contributed by atoms with Gasteiger partial charge in [0, 0.05) is 44.4 Å². The number of rotatable bonds is 6. The SMILES string of the molecule is Cc1nc(N)cc(-c2ncc3c(N(C)[C@@H]4CCNC4)nc(OC[C@@]45CCCN4C[C@H](F)C5)nc3c2F)c1C(F)(F)F. The number of hydrogen-bond acceptors (Lipinski definition) is 9. The number of aromatic nitrogens is 4. The van der Waals surface area contributed by atoms with Gasteiger partial charge in [0.15, 0.2) is 5.82 Å². The molecule has 3 saturated heterocycles. The quantitative estimate of drug-likeness (QED) is 0.422. The fraction of sp³-hybridized carbons (Fsp3) is 0.556. The Labute approximate surface area is 233 Å². The third kappa shape index (κ3) is 4.90. The van der Waals surface area contributed by atoms with Gasteiger partial charge in [0.25, 0.3) is 0 Å². The third-order valence-electron chi connectivity index (χ3n) is 8.55. The number of nitrogen functional groups attached to an aromatic ring is 1. The van der Waals surface area contributed by atoms with E-state index in [4.69, 9.17) is 10.5 Å². The second-order valence-corrected chi connectivity index (χ2v) is 11.2. The summed E-state index contributed by atoms with van der Waals surface area (Å²) in [4.78, 5) is 20.7. The average molecular weight is 579 g/mol. The molecule has 3 aliphatic rings. The number of aryl methyl sites for hydroxylation is 1. The standard InChI is InChI=1S/C27H31F5N8O/c1-14-20(27(30,31)32)17(8-19(33)36-14)22-21(29)23-18(11-35-22)24(39(2)16-4-6-34-10-16)38-25(37-23)41-13-26-5-3-7-40(26)12-15(28)9-26/h8,11,15-16,34H,3-7,9-10,12-13H2,1-2H3,(H2,33,36)/t15-,16-,26+/m1/s1. The van der Waals surface area contributed by atoms with Crippen LogP contribution in [0.25, 0.3) is 22.2 Å². The van der Waals surface area contributed by atoms with Crippen molar-refractivity contribution in [3.63, 3.8) is 0 Å². The van der Waals surface area contributed by atoms with Gasteiger partial charge in [-0.25, -0.2) is 13.8 Å². The minimum Gasteiger partial charge on any atom is -0.461 e. The summed E-state index contributed by atoms with van der Waals surface area (Å²) < 4.78 is 78.8. The Morgan fingerprint density at radius 2 is 2.07 bits per heavy atom. The van der Waals surface area contributed by atoms with Crippen LogP contribution in [-0.4, -0.2) is 82.4 Å². The molecule has 3 N–H and O–H groups in total. The van der Waals surface area contributed by atoms with Crippen molar-refractivity contribution in [1.82, 2.24) is 30.2 Å². The maximum Gasteiger partial charge on any atom is 0.418 e. The monoisotopic (exact) mass is 578 g/mol. The van der Waals surface area contributed by atoms with Crippen molar-refractivity contribution in [2.75, 3.05) is 50.5 Å². The van der Waals surface area contributed by atoms with Gasteiger partial charge in [-0.2, -0.15) is 23.1 Å². The molecular weight excluding hydrogens is 547 g/mol. The van der Waals surface area contributed by atoms with Crippen LogP contribution in [-0.2, 0) is 6.18 Å². The zero-order chi connectivity index (χ0) is 29.1. The molecule has 3 atom stereocenters. The Morgan fingerprint density at radius 3 is 2.80 bits per heavy atom. The highest BCUT2D eigenvalue weighted by Crippen LogP contribution is 2.42. The van der Waals surface area contributed by atoms with Gasteiger partial charge >= 0.3 is 12.2 Å². The first kappa shape index (κ1) is 27.8. The average Bonchev–Trinajstić information content (AvgIpc) is 3.62. The van der Waals surface area contributed by atoms with Gasteiger partial charge in [-0.15, -0.1) is 0 Å². The van der Waals surface area contributed by atoms with Crippen molar-refractivity contribution < 1.29 is 26.7 Å². The van der Waals surface area contributed by atoms with E-state index >= 15 is 4.39 Å². The van der Waals surface area contributed by atoms with Gasteiger partial charge in [0.1, 0.15) is 35.6 Å². The number of alkyl halides is 4. The molecule has 6 heterocycles. The molecule has 0 saturated carbocycles. The summed E-state index contributed by atoms with van der Waals surface area (Å²) in [5.41, 5.74) is 2.44. The van der Waals surface area contributed by atoms with Crippen molar-refractivity contribution in [1.29, 1.82) is 0 Å². The third-order valence-corrected chi connectivity index (χ3v) is 8.55. The molecule has 0 bridgehead atoms. The number of nitrogens with one attached hydrogen (secondary N) is 1. The van der Waals surface area contributed by atoms with Crippen molar-refractivity contribution in [3.8, 4) is 17.3 Å². The maximum absolute atomic E-state index is 16.3. The Morgan fingerprint density at radius 1 is 1.27 bits per heavy atom. The van der Waals surface area contributed by atoms with Crippen LogP contribution in [0.2, 0.25) is 0 Å². The highest BCUT2D eigenvalue weighted by Gasteiger charge is 2.49. The van der Waals surface area contributed by atoms with Crippen molar-refractivity contribution in [2.24, 2.45) is 0 Å². The Kier molecular flexibility index (Phi) is 6.88. The lowest BCUT2D eigenvalue weighted by atomic mass is 9.95. The van der Waals surface area contributed by atoms with E-state index in [0.717, 1.165) is 45.3 Å². The second-order valence-electron chi connectivity index (χ2n) is 11.2. The highest BCUT2D eigenvalue weighted by molar-refractivity contribution is 5.92. The largest absolute Gasteiger partial charge is 0.461 e. The van der Waals surface area contributed by atoms with E-state index in [1.165, 1.54) is 6.20 Å². The Balaban J connectivity index is 1.47. The van der Waals surface area contributed by atoms with Gasteiger partial charge in [-0.05, 0) is 45.3 Å². The van der Waals surface area contributed by atoms with E-state index in [0.29, 0.717) is 25.3 Å². The van der Waals surface area contributed by atoms with Crippen LogP contribution in [0, 0.1) is 12.7 Å². The summed E-state index contributed by atoms with van der Waals surface area (Å²) in [6, 6.07) is 0.866. The van der Waals surface area contributed by atoms with Crippen LogP contribution < -0.4 is 20.7 Å². The van der Waals surface area contributed by atoms with Crippen LogP contribution in [0.4, 0.5) is 33.6 Å². The summed E-state index contributed by atoms with van der Waals surface area (Å²) in [5.74, 6) is -0.917. The number of pyridine rings is 2. The van der Waals surface area contributed by atoms with E-state index < -0.39 is 46.2 Å². The molecule has 3 aliphatic heterocycles. The predicted octanol–water partition coefficient (Wildman–Crippen LogP) is 3.89. The second kappa shape index (κ2) is 10.2. The van der Waals surface area contributed by atoms with Gasteiger partial charge in [0.2, 0.25) is 0 Å². The molecule has 14 heteroatoms. The molecule has 220 valence electrons. The van der Waals surface area contributed by atoms with E-state index in [1.54, 1.807) is 0 Å². The molecule has 41 heavy (non-hydrogen) atoms. The number of hydrogen-bond donors (Lipinski definition) is 2. The maximum atomic E-state index is 16.3. The first-order chi connectivity index (χ1) is 19.5. The predicted molar refractivity (Wildman–Crippen MR) is 143 cm³/mol. The highest BCUT2D eigenvalue weighted by atomic mass is 19.4.